The first kappa shape index (κ1) is 20.5. The molecule has 2 heterocycles. The van der Waals surface area contributed by atoms with E-state index in [9.17, 15) is 0 Å². The van der Waals surface area contributed by atoms with Crippen LogP contribution in [0.5, 0.6) is 0 Å². The third kappa shape index (κ3) is 6.40. The molecule has 2 aliphatic rings. The molecule has 27 heavy (non-hydrogen) atoms. The lowest BCUT2D eigenvalue weighted by Gasteiger charge is -2.34. The second-order valence-corrected chi connectivity index (χ2v) is 8.60. The van der Waals surface area contributed by atoms with E-state index in [4.69, 9.17) is 9.47 Å². The summed E-state index contributed by atoms with van der Waals surface area (Å²) in [5, 5.41) is 4.25. The largest absolute Gasteiger partial charge is 0.381 e. The highest BCUT2D eigenvalue weighted by atomic mass is 32.2. The number of aliphatic imine (C=N–C) groups is 1. The maximum atomic E-state index is 6.06. The number of nitrogens with zero attached hydrogens (tertiary/aromatic N) is 2. The molecule has 0 spiro atoms. The van der Waals surface area contributed by atoms with Gasteiger partial charge in [0.1, 0.15) is 0 Å². The Morgan fingerprint density at radius 3 is 2.93 bits per heavy atom. The van der Waals surface area contributed by atoms with Crippen molar-refractivity contribution in [3.05, 3.63) is 35.4 Å². The zero-order valence-electron chi connectivity index (χ0n) is 16.7. The van der Waals surface area contributed by atoms with E-state index in [1.54, 1.807) is 0 Å². The van der Waals surface area contributed by atoms with Gasteiger partial charge in [-0.3, -0.25) is 4.99 Å². The second kappa shape index (κ2) is 10.9. The van der Waals surface area contributed by atoms with Crippen molar-refractivity contribution in [1.82, 2.24) is 10.2 Å². The summed E-state index contributed by atoms with van der Waals surface area (Å²) in [5.41, 5.74) is 2.50. The van der Waals surface area contributed by atoms with E-state index in [1.165, 1.54) is 23.3 Å². The minimum Gasteiger partial charge on any atom is -0.381 e. The summed E-state index contributed by atoms with van der Waals surface area (Å²) in [6.45, 7) is 7.53. The fourth-order valence-electron chi connectivity index (χ4n) is 3.56. The van der Waals surface area contributed by atoms with Crippen molar-refractivity contribution in [2.24, 2.45) is 4.99 Å². The maximum absolute atomic E-state index is 6.06. The van der Waals surface area contributed by atoms with Crippen LogP contribution in [0, 0.1) is 0 Å². The molecule has 0 amide bonds. The number of thioether (sulfide) groups is 1. The lowest BCUT2D eigenvalue weighted by Crippen LogP contribution is -2.47. The number of rotatable bonds is 6. The fourth-order valence-corrected chi connectivity index (χ4v) is 4.74. The third-order valence-corrected chi connectivity index (χ3v) is 6.57. The smallest absolute Gasteiger partial charge is 0.193 e. The van der Waals surface area contributed by atoms with E-state index in [0.717, 1.165) is 51.6 Å². The number of guanidine groups is 1. The van der Waals surface area contributed by atoms with E-state index < -0.39 is 0 Å². The molecule has 0 bridgehead atoms. The quantitative estimate of drug-likeness (QED) is 0.596. The summed E-state index contributed by atoms with van der Waals surface area (Å²) < 4.78 is 11.5. The molecule has 150 valence electrons. The lowest BCUT2D eigenvalue weighted by molar-refractivity contribution is -0.0390. The Morgan fingerprint density at radius 1 is 1.33 bits per heavy atom. The van der Waals surface area contributed by atoms with Crippen molar-refractivity contribution < 1.29 is 9.47 Å². The van der Waals surface area contributed by atoms with Gasteiger partial charge in [0.2, 0.25) is 0 Å². The summed E-state index contributed by atoms with van der Waals surface area (Å²) in [4.78, 5) is 6.89. The van der Waals surface area contributed by atoms with Gasteiger partial charge in [-0.25, -0.2) is 0 Å². The zero-order chi connectivity index (χ0) is 18.9. The van der Waals surface area contributed by atoms with Gasteiger partial charge in [0.15, 0.2) is 5.96 Å². The predicted molar refractivity (Wildman–Crippen MR) is 113 cm³/mol. The number of hydrogen-bond donors (Lipinski definition) is 1. The molecule has 1 unspecified atom stereocenters. The molecular formula is C21H33N3O2S. The van der Waals surface area contributed by atoms with Crippen LogP contribution >= 0.6 is 11.8 Å². The minimum absolute atomic E-state index is 0.336. The molecule has 2 saturated heterocycles. The highest BCUT2D eigenvalue weighted by Crippen LogP contribution is 2.21. The van der Waals surface area contributed by atoms with Gasteiger partial charge in [-0.2, -0.15) is 11.8 Å². The van der Waals surface area contributed by atoms with E-state index in [1.807, 2.05) is 7.05 Å². The van der Waals surface area contributed by atoms with Gasteiger partial charge < -0.3 is 19.7 Å². The van der Waals surface area contributed by atoms with Crippen molar-refractivity contribution in [2.75, 3.05) is 39.1 Å². The van der Waals surface area contributed by atoms with Crippen molar-refractivity contribution >= 4 is 17.7 Å². The zero-order valence-corrected chi connectivity index (χ0v) is 17.5. The van der Waals surface area contributed by atoms with Crippen LogP contribution in [0.1, 0.15) is 37.3 Å². The van der Waals surface area contributed by atoms with Crippen LogP contribution in [0.2, 0.25) is 0 Å². The summed E-state index contributed by atoms with van der Waals surface area (Å²) >= 11 is 2.08. The van der Waals surface area contributed by atoms with Gasteiger partial charge in [0.05, 0.1) is 12.7 Å². The van der Waals surface area contributed by atoms with Crippen LogP contribution < -0.4 is 5.32 Å². The fraction of sp³-hybridized carbons (Fsp3) is 0.667. The molecule has 0 aliphatic carbocycles. The highest BCUT2D eigenvalue weighted by molar-refractivity contribution is 8.00. The molecule has 1 atom stereocenters. The van der Waals surface area contributed by atoms with Crippen molar-refractivity contribution in [3.8, 4) is 0 Å². The average molecular weight is 392 g/mol. The van der Waals surface area contributed by atoms with Crippen LogP contribution in [0.3, 0.4) is 0 Å². The Hall–Kier alpha value is -1.24. The van der Waals surface area contributed by atoms with Gasteiger partial charge in [-0.1, -0.05) is 31.2 Å². The summed E-state index contributed by atoms with van der Waals surface area (Å²) in [5.74, 6) is 2.19. The Morgan fingerprint density at radius 2 is 2.15 bits per heavy atom. The number of hydrogen-bond acceptors (Lipinski definition) is 4. The van der Waals surface area contributed by atoms with Gasteiger partial charge >= 0.3 is 0 Å². The monoisotopic (exact) mass is 391 g/mol. The summed E-state index contributed by atoms with van der Waals surface area (Å²) in [6, 6.07) is 8.66. The van der Waals surface area contributed by atoms with Crippen LogP contribution in [-0.4, -0.2) is 61.3 Å². The number of ether oxygens (including phenoxy) is 2. The Balaban J connectivity index is 1.49. The predicted octanol–water partition coefficient (Wildman–Crippen LogP) is 3.29. The summed E-state index contributed by atoms with van der Waals surface area (Å²) in [6.07, 6.45) is 3.56. The van der Waals surface area contributed by atoms with E-state index in [-0.39, 0.29) is 0 Å². The highest BCUT2D eigenvalue weighted by Gasteiger charge is 2.21. The van der Waals surface area contributed by atoms with E-state index in [2.05, 4.69) is 58.2 Å². The third-order valence-electron chi connectivity index (χ3n) is 5.20. The first-order valence-corrected chi connectivity index (χ1v) is 11.2. The molecule has 0 saturated carbocycles. The molecule has 5 nitrogen and oxygen atoms in total. The lowest BCUT2D eigenvalue weighted by atomic mass is 10.1. The van der Waals surface area contributed by atoms with Gasteiger partial charge in [0, 0.05) is 50.9 Å². The summed E-state index contributed by atoms with van der Waals surface area (Å²) in [7, 11) is 1.88. The molecule has 0 aromatic heterocycles. The van der Waals surface area contributed by atoms with E-state index in [0.29, 0.717) is 18.0 Å². The first-order chi connectivity index (χ1) is 13.3. The molecule has 1 aromatic rings. The molecular weight excluding hydrogens is 358 g/mol. The van der Waals surface area contributed by atoms with Gasteiger partial charge in [0.25, 0.3) is 0 Å². The maximum Gasteiger partial charge on any atom is 0.193 e. The Bertz CT molecular complexity index is 605. The van der Waals surface area contributed by atoms with Crippen molar-refractivity contribution in [3.63, 3.8) is 0 Å². The normalized spacial score (nSPS) is 22.1. The van der Waals surface area contributed by atoms with Gasteiger partial charge in [-0.15, -0.1) is 0 Å². The Kier molecular flexibility index (Phi) is 8.30. The van der Waals surface area contributed by atoms with E-state index >= 15 is 0 Å². The molecule has 3 rings (SSSR count). The van der Waals surface area contributed by atoms with Gasteiger partial charge in [-0.05, 0) is 30.4 Å². The standard InChI is InChI=1S/C21H33N3O2S/c1-3-20-15-24(9-12-27-20)21(22-2)23-14-17-5-4-6-18(13-17)16-26-19-7-10-25-11-8-19/h4-6,13,19-20H,3,7-12,14-16H2,1-2H3,(H,22,23). The van der Waals surface area contributed by atoms with Crippen LogP contribution in [0.25, 0.3) is 0 Å². The first-order valence-electron chi connectivity index (χ1n) is 10.1. The second-order valence-electron chi connectivity index (χ2n) is 7.19. The topological polar surface area (TPSA) is 46.1 Å². The molecule has 2 aliphatic heterocycles. The number of benzene rings is 1. The SMILES string of the molecule is CCC1CN(C(=NC)NCc2cccc(COC3CCOCC3)c2)CCS1. The average Bonchev–Trinajstić information content (AvgIpc) is 2.74. The van der Waals surface area contributed by atoms with Crippen LogP contribution in [0.4, 0.5) is 0 Å². The van der Waals surface area contributed by atoms with Crippen LogP contribution in [0.15, 0.2) is 29.3 Å². The Labute approximate surface area is 167 Å². The minimum atomic E-state index is 0.336. The molecule has 0 radical (unpaired) electrons. The van der Waals surface area contributed by atoms with Crippen LogP contribution in [-0.2, 0) is 22.6 Å². The van der Waals surface area contributed by atoms with Crippen molar-refractivity contribution in [2.45, 2.75) is 50.7 Å². The molecule has 1 aromatic carbocycles. The molecule has 2 fully saturated rings. The molecule has 6 heteroatoms. The van der Waals surface area contributed by atoms with Crippen molar-refractivity contribution in [1.29, 1.82) is 0 Å². The molecule has 1 N–H and O–H groups in total. The number of nitrogens with one attached hydrogen (secondary N) is 1.